The van der Waals surface area contributed by atoms with Crippen molar-refractivity contribution in [2.75, 3.05) is 20.2 Å². The molecule has 1 aliphatic heterocycles. The molecular formula is C18H20FNO5S2. The highest BCUT2D eigenvalue weighted by Crippen LogP contribution is 2.33. The van der Waals surface area contributed by atoms with Crippen LogP contribution in [0, 0.1) is 5.82 Å². The molecule has 9 heteroatoms. The number of nitrogens with zero attached hydrogens (tertiary/aromatic N) is 1. The fourth-order valence-electron chi connectivity index (χ4n) is 2.89. The van der Waals surface area contributed by atoms with Gasteiger partial charge in [-0.2, -0.15) is 4.31 Å². The first-order valence-electron chi connectivity index (χ1n) is 8.36. The van der Waals surface area contributed by atoms with Gasteiger partial charge in [0.1, 0.15) is 16.5 Å². The summed E-state index contributed by atoms with van der Waals surface area (Å²) >= 11 is 0. The van der Waals surface area contributed by atoms with E-state index in [1.165, 1.54) is 19.2 Å². The van der Waals surface area contributed by atoms with Crippen molar-refractivity contribution < 1.29 is 26.0 Å². The van der Waals surface area contributed by atoms with Gasteiger partial charge in [-0.05, 0) is 48.4 Å². The van der Waals surface area contributed by atoms with E-state index in [1.807, 2.05) is 6.92 Å². The maximum absolute atomic E-state index is 13.0. The molecule has 27 heavy (non-hydrogen) atoms. The molecule has 0 amide bonds. The van der Waals surface area contributed by atoms with Crippen molar-refractivity contribution in [3.05, 3.63) is 53.8 Å². The van der Waals surface area contributed by atoms with Gasteiger partial charge in [0.15, 0.2) is 9.84 Å². The van der Waals surface area contributed by atoms with Crippen molar-refractivity contribution in [1.29, 1.82) is 0 Å². The minimum absolute atomic E-state index is 0.0171. The molecule has 0 unspecified atom stereocenters. The molecule has 0 N–H and O–H groups in total. The first kappa shape index (κ1) is 19.8. The first-order valence-corrected chi connectivity index (χ1v) is 11.3. The Kier molecular flexibility index (Phi) is 5.29. The summed E-state index contributed by atoms with van der Waals surface area (Å²) in [5.74, 6) is -0.313. The molecule has 1 heterocycles. The maximum atomic E-state index is 13.0. The Morgan fingerprint density at radius 3 is 2.26 bits per heavy atom. The molecule has 3 rings (SSSR count). The number of methoxy groups -OCH3 is 1. The zero-order valence-electron chi connectivity index (χ0n) is 14.9. The van der Waals surface area contributed by atoms with Gasteiger partial charge in [0, 0.05) is 13.1 Å². The highest BCUT2D eigenvalue weighted by atomic mass is 32.2. The van der Waals surface area contributed by atoms with Gasteiger partial charge < -0.3 is 4.74 Å². The van der Waals surface area contributed by atoms with Crippen LogP contribution >= 0.6 is 0 Å². The topological polar surface area (TPSA) is 80.8 Å². The molecule has 0 radical (unpaired) electrons. The number of aryl methyl sites for hydroxylation is 1. The second kappa shape index (κ2) is 7.21. The van der Waals surface area contributed by atoms with Crippen molar-refractivity contribution >= 4 is 19.9 Å². The molecule has 0 spiro atoms. The molecule has 6 nitrogen and oxygen atoms in total. The van der Waals surface area contributed by atoms with Crippen LogP contribution in [0.25, 0.3) is 0 Å². The highest BCUT2D eigenvalue weighted by Gasteiger charge is 2.45. The average Bonchev–Trinajstić information content (AvgIpc) is 2.59. The minimum Gasteiger partial charge on any atom is -0.495 e. The van der Waals surface area contributed by atoms with Crippen LogP contribution in [0.5, 0.6) is 5.75 Å². The van der Waals surface area contributed by atoms with Crippen LogP contribution in [0.15, 0.2) is 52.3 Å². The van der Waals surface area contributed by atoms with Crippen molar-refractivity contribution in [2.45, 2.75) is 28.4 Å². The Bertz CT molecular complexity index is 1040. The number of ether oxygens (including phenoxy) is 1. The molecule has 1 saturated heterocycles. The molecule has 1 aliphatic rings. The lowest BCUT2D eigenvalue weighted by Gasteiger charge is -2.37. The molecule has 1 fully saturated rings. The smallest absolute Gasteiger partial charge is 0.246 e. The fourth-order valence-corrected chi connectivity index (χ4v) is 6.47. The fraction of sp³-hybridized carbons (Fsp3) is 0.333. The van der Waals surface area contributed by atoms with Crippen molar-refractivity contribution in [3.63, 3.8) is 0 Å². The van der Waals surface area contributed by atoms with Gasteiger partial charge in [-0.25, -0.2) is 21.2 Å². The summed E-state index contributed by atoms with van der Waals surface area (Å²) in [7, 11) is -6.22. The number of halogens is 1. The third-order valence-electron chi connectivity index (χ3n) is 4.65. The quantitative estimate of drug-likeness (QED) is 0.679. The molecule has 0 saturated carbocycles. The normalized spacial score (nSPS) is 16.1. The maximum Gasteiger partial charge on any atom is 0.246 e. The molecule has 0 aliphatic carbocycles. The van der Waals surface area contributed by atoms with Gasteiger partial charge in [0.2, 0.25) is 10.0 Å². The standard InChI is InChI=1S/C18H20FNO5S2/c1-3-13-4-9-17(25-2)18(10-13)27(23,24)20-11-16(12-20)26(21,22)15-7-5-14(19)6-8-15/h4-10,16H,3,11-12H2,1-2H3. The van der Waals surface area contributed by atoms with Gasteiger partial charge in [0.25, 0.3) is 0 Å². The zero-order valence-corrected chi connectivity index (χ0v) is 16.6. The lowest BCUT2D eigenvalue weighted by atomic mass is 10.2. The monoisotopic (exact) mass is 413 g/mol. The van der Waals surface area contributed by atoms with Crippen LogP contribution in [0.2, 0.25) is 0 Å². The molecule has 146 valence electrons. The van der Waals surface area contributed by atoms with Gasteiger partial charge in [0.05, 0.1) is 17.3 Å². The summed E-state index contributed by atoms with van der Waals surface area (Å²) in [5.41, 5.74) is 0.838. The van der Waals surface area contributed by atoms with E-state index in [-0.39, 0.29) is 28.6 Å². The zero-order chi connectivity index (χ0) is 19.8. The van der Waals surface area contributed by atoms with Gasteiger partial charge >= 0.3 is 0 Å². The number of hydrogen-bond acceptors (Lipinski definition) is 5. The lowest BCUT2D eigenvalue weighted by Crippen LogP contribution is -2.56. The number of rotatable bonds is 6. The Hall–Kier alpha value is -1.97. The molecule has 2 aromatic rings. The number of hydrogen-bond donors (Lipinski definition) is 0. The number of sulfonamides is 1. The summed E-state index contributed by atoms with van der Waals surface area (Å²) < 4.78 is 70.3. The number of benzene rings is 2. The summed E-state index contributed by atoms with van der Waals surface area (Å²) in [6.45, 7) is 1.61. The average molecular weight is 413 g/mol. The van der Waals surface area contributed by atoms with Gasteiger partial charge in [-0.1, -0.05) is 13.0 Å². The predicted octanol–water partition coefficient (Wildman–Crippen LogP) is 2.24. The Labute approximate surface area is 158 Å². The minimum atomic E-state index is -3.88. The number of sulfone groups is 1. The summed E-state index contributed by atoms with van der Waals surface area (Å²) in [5, 5.41) is -0.863. The van der Waals surface area contributed by atoms with Crippen molar-refractivity contribution in [2.24, 2.45) is 0 Å². The molecule has 0 aromatic heterocycles. The van der Waals surface area contributed by atoms with E-state index in [0.29, 0.717) is 6.42 Å². The highest BCUT2D eigenvalue weighted by molar-refractivity contribution is 7.92. The first-order chi connectivity index (χ1) is 12.7. The van der Waals surface area contributed by atoms with Crippen LogP contribution in [-0.2, 0) is 26.3 Å². The lowest BCUT2D eigenvalue weighted by molar-refractivity contribution is 0.307. The summed E-state index contributed by atoms with van der Waals surface area (Å²) in [6, 6.07) is 9.46. The van der Waals surface area contributed by atoms with Crippen LogP contribution in [0.3, 0.4) is 0 Å². The van der Waals surface area contributed by atoms with Crippen LogP contribution in [0.1, 0.15) is 12.5 Å². The Morgan fingerprint density at radius 1 is 1.07 bits per heavy atom. The predicted molar refractivity (Wildman–Crippen MR) is 98.5 cm³/mol. The van der Waals surface area contributed by atoms with E-state index in [1.54, 1.807) is 18.2 Å². The third kappa shape index (κ3) is 3.59. The molecule has 0 atom stereocenters. The second-order valence-electron chi connectivity index (χ2n) is 6.28. The molecular weight excluding hydrogens is 393 g/mol. The Balaban J connectivity index is 1.84. The SMILES string of the molecule is CCc1ccc(OC)c(S(=O)(=O)N2CC(S(=O)(=O)c3ccc(F)cc3)C2)c1. The van der Waals surface area contributed by atoms with E-state index in [4.69, 9.17) is 4.74 Å². The van der Waals surface area contributed by atoms with Gasteiger partial charge in [-0.15, -0.1) is 0 Å². The van der Waals surface area contributed by atoms with Crippen LogP contribution in [0.4, 0.5) is 4.39 Å². The molecule has 2 aromatic carbocycles. The Morgan fingerprint density at radius 2 is 1.70 bits per heavy atom. The van der Waals surface area contributed by atoms with Crippen molar-refractivity contribution in [3.8, 4) is 5.75 Å². The van der Waals surface area contributed by atoms with Crippen LogP contribution < -0.4 is 4.74 Å². The van der Waals surface area contributed by atoms with Gasteiger partial charge in [-0.3, -0.25) is 0 Å². The second-order valence-corrected chi connectivity index (χ2v) is 10.4. The van der Waals surface area contributed by atoms with E-state index in [2.05, 4.69) is 0 Å². The largest absolute Gasteiger partial charge is 0.495 e. The van der Waals surface area contributed by atoms with E-state index >= 15 is 0 Å². The third-order valence-corrected chi connectivity index (χ3v) is 8.61. The van der Waals surface area contributed by atoms with Crippen LogP contribution in [-0.4, -0.2) is 46.6 Å². The van der Waals surface area contributed by atoms with Crippen molar-refractivity contribution in [1.82, 2.24) is 4.31 Å². The summed E-state index contributed by atoms with van der Waals surface area (Å²) in [6.07, 6.45) is 0.661. The van der Waals surface area contributed by atoms with E-state index in [0.717, 1.165) is 22.0 Å². The molecule has 0 bridgehead atoms. The van der Waals surface area contributed by atoms with E-state index in [9.17, 15) is 21.2 Å². The summed E-state index contributed by atoms with van der Waals surface area (Å²) in [4.78, 5) is 0.0125. The van der Waals surface area contributed by atoms with E-state index < -0.39 is 30.9 Å².